The summed E-state index contributed by atoms with van der Waals surface area (Å²) in [5.41, 5.74) is 0.329. The van der Waals surface area contributed by atoms with Crippen LogP contribution in [0.4, 0.5) is 5.00 Å². The zero-order valence-corrected chi connectivity index (χ0v) is 15.0. The van der Waals surface area contributed by atoms with E-state index in [1.54, 1.807) is 6.07 Å². The molecule has 1 amide bonds. The first-order valence-electron chi connectivity index (χ1n) is 8.39. The lowest BCUT2D eigenvalue weighted by Crippen LogP contribution is -2.36. The largest absolute Gasteiger partial charge is 0.481 e. The number of anilines is 1. The van der Waals surface area contributed by atoms with Gasteiger partial charge in [0, 0.05) is 4.88 Å². The average molecular weight is 363 g/mol. The lowest BCUT2D eigenvalue weighted by molar-refractivity contribution is -0.146. The Morgan fingerprint density at radius 1 is 1.28 bits per heavy atom. The zero-order valence-electron chi connectivity index (χ0n) is 14.2. The highest BCUT2D eigenvalue weighted by Crippen LogP contribution is 2.48. The van der Waals surface area contributed by atoms with Crippen LogP contribution in [0.5, 0.6) is 0 Å². The molecule has 2 bridgehead atoms. The molecule has 1 fully saturated rings. The number of allylic oxidation sites excluding steroid dienone is 2. The van der Waals surface area contributed by atoms with Gasteiger partial charge in [0.1, 0.15) is 5.00 Å². The number of carboxylic acid groups (broad SMARTS) is 1. The van der Waals surface area contributed by atoms with E-state index in [0.29, 0.717) is 17.0 Å². The average Bonchev–Trinajstić information content (AvgIpc) is 3.28. The number of aryl methyl sites for hydroxylation is 1. The number of amides is 1. The van der Waals surface area contributed by atoms with Crippen molar-refractivity contribution in [1.29, 1.82) is 0 Å². The number of hydrogen-bond acceptors (Lipinski definition) is 5. The molecular weight excluding hydrogens is 342 g/mol. The van der Waals surface area contributed by atoms with E-state index in [1.165, 1.54) is 18.4 Å². The van der Waals surface area contributed by atoms with Gasteiger partial charge < -0.3 is 15.2 Å². The first-order chi connectivity index (χ1) is 12.0. The predicted molar refractivity (Wildman–Crippen MR) is 93.6 cm³/mol. The van der Waals surface area contributed by atoms with Gasteiger partial charge in [-0.3, -0.25) is 9.59 Å². The lowest BCUT2D eigenvalue weighted by Gasteiger charge is -2.23. The zero-order chi connectivity index (χ0) is 18.1. The first-order valence-corrected chi connectivity index (χ1v) is 9.20. The van der Waals surface area contributed by atoms with E-state index in [0.717, 1.165) is 17.7 Å². The van der Waals surface area contributed by atoms with Crippen LogP contribution in [-0.4, -0.2) is 30.1 Å². The predicted octanol–water partition coefficient (Wildman–Crippen LogP) is 2.95. The molecule has 1 saturated carbocycles. The van der Waals surface area contributed by atoms with E-state index in [-0.39, 0.29) is 17.7 Å². The Morgan fingerprint density at radius 2 is 1.96 bits per heavy atom. The topological polar surface area (TPSA) is 92.7 Å². The van der Waals surface area contributed by atoms with Gasteiger partial charge in [-0.1, -0.05) is 25.5 Å². The summed E-state index contributed by atoms with van der Waals surface area (Å²) in [7, 11) is 1.30. The molecule has 134 valence electrons. The minimum absolute atomic E-state index is 0.0530. The molecule has 2 aliphatic carbocycles. The highest BCUT2D eigenvalue weighted by Gasteiger charge is 2.51. The number of carbonyl (C=O) groups is 3. The smallest absolute Gasteiger partial charge is 0.340 e. The molecular formula is C18H21NO5S. The molecule has 3 rings (SSSR count). The number of carboxylic acids is 1. The summed E-state index contributed by atoms with van der Waals surface area (Å²) in [6.45, 7) is 2.04. The minimum Gasteiger partial charge on any atom is -0.481 e. The molecule has 0 saturated heterocycles. The number of aliphatic carboxylic acids is 1. The maximum absolute atomic E-state index is 12.8. The number of thiophene rings is 1. The van der Waals surface area contributed by atoms with Gasteiger partial charge in [0.25, 0.3) is 0 Å². The van der Waals surface area contributed by atoms with E-state index >= 15 is 0 Å². The van der Waals surface area contributed by atoms with Crippen LogP contribution in [0.1, 0.15) is 35.0 Å². The van der Waals surface area contributed by atoms with Crippen molar-refractivity contribution in [2.24, 2.45) is 23.7 Å². The maximum atomic E-state index is 12.8. The van der Waals surface area contributed by atoms with Crippen molar-refractivity contribution in [3.63, 3.8) is 0 Å². The third-order valence-electron chi connectivity index (χ3n) is 4.97. The molecule has 6 nitrogen and oxygen atoms in total. The van der Waals surface area contributed by atoms with Gasteiger partial charge in [0.05, 0.1) is 24.5 Å². The number of ether oxygens (including phenoxy) is 1. The van der Waals surface area contributed by atoms with Crippen molar-refractivity contribution >= 4 is 34.2 Å². The van der Waals surface area contributed by atoms with Crippen LogP contribution in [0.25, 0.3) is 0 Å². The Morgan fingerprint density at radius 3 is 2.56 bits per heavy atom. The summed E-state index contributed by atoms with van der Waals surface area (Å²) >= 11 is 1.35. The fourth-order valence-electron chi connectivity index (χ4n) is 3.88. The fourth-order valence-corrected chi connectivity index (χ4v) is 5.03. The summed E-state index contributed by atoms with van der Waals surface area (Å²) in [6, 6.07) is 1.74. The number of rotatable bonds is 6. The van der Waals surface area contributed by atoms with Crippen molar-refractivity contribution in [1.82, 2.24) is 0 Å². The van der Waals surface area contributed by atoms with Gasteiger partial charge in [-0.15, -0.1) is 11.3 Å². The second kappa shape index (κ2) is 7.00. The van der Waals surface area contributed by atoms with E-state index in [9.17, 15) is 19.5 Å². The first kappa shape index (κ1) is 17.7. The van der Waals surface area contributed by atoms with Crippen LogP contribution >= 0.6 is 11.3 Å². The fraction of sp³-hybridized carbons (Fsp3) is 0.500. The number of nitrogens with one attached hydrogen (secondary N) is 1. The standard InChI is InChI=1S/C18H21NO5S/c1-3-4-11-8-12(18(23)24-2)16(25-11)19-15(20)13-9-5-6-10(7-9)14(13)17(21)22/h5-6,8-10,13-14H,3-4,7H2,1-2H3,(H,19,20)(H,21,22)/t9-,10-,13+,14+/m0/s1. The van der Waals surface area contributed by atoms with Gasteiger partial charge in [0.15, 0.2) is 0 Å². The van der Waals surface area contributed by atoms with Gasteiger partial charge in [-0.25, -0.2) is 4.79 Å². The van der Waals surface area contributed by atoms with E-state index in [1.807, 2.05) is 19.1 Å². The normalized spacial score (nSPS) is 26.6. The van der Waals surface area contributed by atoms with Crippen LogP contribution in [0.3, 0.4) is 0 Å². The van der Waals surface area contributed by atoms with Crippen LogP contribution < -0.4 is 5.32 Å². The molecule has 4 atom stereocenters. The summed E-state index contributed by atoms with van der Waals surface area (Å²) in [6.07, 6.45) is 6.26. The number of hydrogen-bond donors (Lipinski definition) is 2. The quantitative estimate of drug-likeness (QED) is 0.599. The van der Waals surface area contributed by atoms with Gasteiger partial charge >= 0.3 is 11.9 Å². The molecule has 0 spiro atoms. The van der Waals surface area contributed by atoms with Crippen molar-refractivity contribution in [2.75, 3.05) is 12.4 Å². The van der Waals surface area contributed by atoms with Crippen molar-refractivity contribution < 1.29 is 24.2 Å². The molecule has 0 radical (unpaired) electrons. The van der Waals surface area contributed by atoms with Crippen LogP contribution in [-0.2, 0) is 20.7 Å². The second-order valence-electron chi connectivity index (χ2n) is 6.52. The third-order valence-corrected chi connectivity index (χ3v) is 6.08. The molecule has 0 unspecified atom stereocenters. The molecule has 1 aromatic rings. The number of carbonyl (C=O) groups excluding carboxylic acids is 2. The van der Waals surface area contributed by atoms with Crippen LogP contribution in [0, 0.1) is 23.7 Å². The maximum Gasteiger partial charge on any atom is 0.340 e. The highest BCUT2D eigenvalue weighted by atomic mass is 32.1. The second-order valence-corrected chi connectivity index (χ2v) is 7.66. The van der Waals surface area contributed by atoms with Crippen molar-refractivity contribution in [3.05, 3.63) is 28.7 Å². The lowest BCUT2D eigenvalue weighted by atomic mass is 9.82. The molecule has 7 heteroatoms. The third kappa shape index (κ3) is 3.20. The van der Waals surface area contributed by atoms with E-state index in [4.69, 9.17) is 4.74 Å². The molecule has 25 heavy (non-hydrogen) atoms. The summed E-state index contributed by atoms with van der Waals surface area (Å²) in [5, 5.41) is 12.7. The Labute approximate surface area is 149 Å². The molecule has 2 N–H and O–H groups in total. The van der Waals surface area contributed by atoms with Gasteiger partial charge in [-0.05, 0) is 30.7 Å². The van der Waals surface area contributed by atoms with Gasteiger partial charge in [0.2, 0.25) is 5.91 Å². The molecule has 1 aromatic heterocycles. The van der Waals surface area contributed by atoms with Crippen molar-refractivity contribution in [2.45, 2.75) is 26.2 Å². The summed E-state index contributed by atoms with van der Waals surface area (Å²) in [4.78, 5) is 37.3. The van der Waals surface area contributed by atoms with E-state index in [2.05, 4.69) is 5.32 Å². The molecule has 2 aliphatic rings. The molecule has 1 heterocycles. The molecule has 0 aromatic carbocycles. The summed E-state index contributed by atoms with van der Waals surface area (Å²) < 4.78 is 4.80. The monoisotopic (exact) mass is 363 g/mol. The Bertz CT molecular complexity index is 738. The van der Waals surface area contributed by atoms with Crippen LogP contribution in [0.2, 0.25) is 0 Å². The Kier molecular flexibility index (Phi) is 4.94. The van der Waals surface area contributed by atoms with Crippen molar-refractivity contribution in [3.8, 4) is 0 Å². The number of methoxy groups -OCH3 is 1. The highest BCUT2D eigenvalue weighted by molar-refractivity contribution is 7.16. The minimum atomic E-state index is -0.942. The van der Waals surface area contributed by atoms with Gasteiger partial charge in [-0.2, -0.15) is 0 Å². The Balaban J connectivity index is 1.84. The number of fused-ring (bicyclic) bond motifs is 2. The molecule has 0 aliphatic heterocycles. The van der Waals surface area contributed by atoms with E-state index < -0.39 is 23.8 Å². The Hall–Kier alpha value is -2.15. The SMILES string of the molecule is CCCc1cc(C(=O)OC)c(NC(=O)[C@H]2[C@H](C(=O)O)[C@H]3C=C[C@H]2C3)s1. The summed E-state index contributed by atoms with van der Waals surface area (Å²) in [5.74, 6) is -3.22. The van der Waals surface area contributed by atoms with Crippen LogP contribution in [0.15, 0.2) is 18.2 Å². The number of esters is 1.